The van der Waals surface area contributed by atoms with Gasteiger partial charge in [-0.15, -0.1) is 22.0 Å². The third-order valence-electron chi connectivity index (χ3n) is 4.27. The van der Waals surface area contributed by atoms with Crippen molar-refractivity contribution in [1.29, 1.82) is 0 Å². The van der Waals surface area contributed by atoms with Crippen LogP contribution >= 0.6 is 11.8 Å². The smallest absolute Gasteiger partial charge is 0.192 e. The summed E-state index contributed by atoms with van der Waals surface area (Å²) in [7, 11) is 1.97. The van der Waals surface area contributed by atoms with Gasteiger partial charge in [0.15, 0.2) is 11.8 Å². The quantitative estimate of drug-likeness (QED) is 0.266. The molecule has 28 heavy (non-hydrogen) atoms. The Morgan fingerprint density at radius 1 is 1.00 bits per heavy atom. The van der Waals surface area contributed by atoms with E-state index in [0.29, 0.717) is 13.1 Å². The van der Waals surface area contributed by atoms with Crippen LogP contribution in [0, 0.1) is 6.92 Å². The summed E-state index contributed by atoms with van der Waals surface area (Å²) < 4.78 is 1.98. The van der Waals surface area contributed by atoms with Gasteiger partial charge in [0, 0.05) is 24.2 Å². The third-order valence-corrected chi connectivity index (χ3v) is 5.28. The Morgan fingerprint density at radius 3 is 2.39 bits per heavy atom. The zero-order chi connectivity index (χ0) is 19.6. The van der Waals surface area contributed by atoms with E-state index in [0.717, 1.165) is 29.9 Å². The standard InChI is InChI=1S/C21H26N6S/c1-17-25-26-20(27(17)2)16-24-21(23-15-18-9-5-3-6-10-18)22-13-14-28-19-11-7-4-8-12-19/h3-12H,13-16H2,1-2H3,(H2,22,23,24). The average Bonchev–Trinajstić information content (AvgIpc) is 3.06. The van der Waals surface area contributed by atoms with Gasteiger partial charge in [0.1, 0.15) is 5.82 Å². The molecule has 3 aromatic rings. The number of aromatic nitrogens is 3. The van der Waals surface area contributed by atoms with E-state index in [2.05, 4.69) is 57.2 Å². The fraction of sp³-hybridized carbons (Fsp3) is 0.286. The largest absolute Gasteiger partial charge is 0.356 e. The second kappa shape index (κ2) is 10.5. The van der Waals surface area contributed by atoms with E-state index in [4.69, 9.17) is 4.99 Å². The molecular formula is C21H26N6S. The molecule has 2 N–H and O–H groups in total. The number of hydrogen-bond acceptors (Lipinski definition) is 4. The molecule has 0 fully saturated rings. The van der Waals surface area contributed by atoms with Gasteiger partial charge in [-0.3, -0.25) is 0 Å². The first-order chi connectivity index (χ1) is 13.7. The highest BCUT2D eigenvalue weighted by Gasteiger charge is 2.06. The molecule has 6 nitrogen and oxygen atoms in total. The van der Waals surface area contributed by atoms with E-state index in [1.54, 1.807) is 0 Å². The second-order valence-corrected chi connectivity index (χ2v) is 7.48. The van der Waals surface area contributed by atoms with E-state index in [9.17, 15) is 0 Å². The zero-order valence-electron chi connectivity index (χ0n) is 16.3. The molecule has 0 radical (unpaired) electrons. The molecule has 0 atom stereocenters. The molecule has 0 amide bonds. The van der Waals surface area contributed by atoms with Gasteiger partial charge in [0.25, 0.3) is 0 Å². The van der Waals surface area contributed by atoms with Crippen molar-refractivity contribution < 1.29 is 0 Å². The van der Waals surface area contributed by atoms with Crippen LogP contribution in [-0.4, -0.2) is 33.0 Å². The van der Waals surface area contributed by atoms with Crippen LogP contribution in [0.1, 0.15) is 17.2 Å². The van der Waals surface area contributed by atoms with E-state index < -0.39 is 0 Å². The first-order valence-electron chi connectivity index (χ1n) is 9.31. The van der Waals surface area contributed by atoms with Crippen LogP contribution in [0.3, 0.4) is 0 Å². The number of benzene rings is 2. The number of thioether (sulfide) groups is 1. The minimum absolute atomic E-state index is 0.573. The fourth-order valence-corrected chi connectivity index (χ4v) is 3.34. The van der Waals surface area contributed by atoms with Gasteiger partial charge in [-0.05, 0) is 24.6 Å². The lowest BCUT2D eigenvalue weighted by Gasteiger charge is -2.12. The summed E-state index contributed by atoms with van der Waals surface area (Å²) in [6.45, 7) is 3.96. The normalized spacial score (nSPS) is 11.4. The average molecular weight is 395 g/mol. The minimum atomic E-state index is 0.573. The highest BCUT2D eigenvalue weighted by Crippen LogP contribution is 2.15. The first kappa shape index (κ1) is 19.9. The maximum absolute atomic E-state index is 4.72. The van der Waals surface area contributed by atoms with Gasteiger partial charge in [-0.2, -0.15) is 0 Å². The third kappa shape index (κ3) is 6.13. The van der Waals surface area contributed by atoms with Crippen molar-refractivity contribution in [3.63, 3.8) is 0 Å². The summed E-state index contributed by atoms with van der Waals surface area (Å²) in [4.78, 5) is 5.99. The van der Waals surface area contributed by atoms with Crippen LogP contribution in [0.4, 0.5) is 0 Å². The zero-order valence-corrected chi connectivity index (χ0v) is 17.1. The summed E-state index contributed by atoms with van der Waals surface area (Å²) >= 11 is 1.83. The Balaban J connectivity index is 1.56. The number of nitrogens with one attached hydrogen (secondary N) is 2. The van der Waals surface area contributed by atoms with Crippen LogP contribution in [0.2, 0.25) is 0 Å². The van der Waals surface area contributed by atoms with Gasteiger partial charge in [-0.25, -0.2) is 4.99 Å². The number of aliphatic imine (C=N–C) groups is 1. The van der Waals surface area contributed by atoms with Crippen LogP contribution in [0.15, 0.2) is 70.6 Å². The van der Waals surface area contributed by atoms with Gasteiger partial charge in [0.2, 0.25) is 0 Å². The molecule has 0 aliphatic heterocycles. The molecule has 0 aliphatic rings. The van der Waals surface area contributed by atoms with Crippen molar-refractivity contribution in [3.8, 4) is 0 Å². The molecule has 2 aromatic carbocycles. The Hall–Kier alpha value is -2.80. The summed E-state index contributed by atoms with van der Waals surface area (Å²) in [5.74, 6) is 3.51. The number of guanidine groups is 1. The number of nitrogens with zero attached hydrogens (tertiary/aromatic N) is 4. The van der Waals surface area contributed by atoms with Crippen molar-refractivity contribution in [1.82, 2.24) is 25.4 Å². The van der Waals surface area contributed by atoms with E-state index in [-0.39, 0.29) is 0 Å². The number of hydrogen-bond donors (Lipinski definition) is 2. The summed E-state index contributed by atoms with van der Waals surface area (Å²) in [5.41, 5.74) is 1.18. The molecule has 0 saturated heterocycles. The Labute approximate surface area is 170 Å². The Morgan fingerprint density at radius 2 is 1.71 bits per heavy atom. The number of rotatable bonds is 8. The van der Waals surface area contributed by atoms with Gasteiger partial charge < -0.3 is 15.2 Å². The maximum atomic E-state index is 4.72. The van der Waals surface area contributed by atoms with Crippen molar-refractivity contribution in [2.45, 2.75) is 24.9 Å². The monoisotopic (exact) mass is 394 g/mol. The van der Waals surface area contributed by atoms with Crippen LogP contribution in [0.25, 0.3) is 0 Å². The lowest BCUT2D eigenvalue weighted by Crippen LogP contribution is -2.38. The van der Waals surface area contributed by atoms with Crippen molar-refractivity contribution in [2.24, 2.45) is 12.0 Å². The molecule has 3 rings (SSSR count). The molecule has 0 saturated carbocycles. The SMILES string of the molecule is Cc1nnc(CNC(=NCc2ccccc2)NCCSc2ccccc2)n1C. The molecule has 0 bridgehead atoms. The molecule has 7 heteroatoms. The van der Waals surface area contributed by atoms with E-state index in [1.165, 1.54) is 10.5 Å². The predicted molar refractivity (Wildman–Crippen MR) is 115 cm³/mol. The van der Waals surface area contributed by atoms with Gasteiger partial charge in [0.05, 0.1) is 13.1 Å². The summed E-state index contributed by atoms with van der Waals surface area (Å²) in [6.07, 6.45) is 0. The Kier molecular flexibility index (Phi) is 7.49. The highest BCUT2D eigenvalue weighted by molar-refractivity contribution is 7.99. The topological polar surface area (TPSA) is 67.1 Å². The van der Waals surface area contributed by atoms with Crippen molar-refractivity contribution in [3.05, 3.63) is 77.9 Å². The number of aryl methyl sites for hydroxylation is 1. The molecular weight excluding hydrogens is 368 g/mol. The Bertz CT molecular complexity index is 876. The molecule has 1 aromatic heterocycles. The molecule has 0 aliphatic carbocycles. The molecule has 0 spiro atoms. The predicted octanol–water partition coefficient (Wildman–Crippen LogP) is 3.15. The van der Waals surface area contributed by atoms with Crippen LogP contribution in [0.5, 0.6) is 0 Å². The van der Waals surface area contributed by atoms with Crippen LogP contribution < -0.4 is 10.6 Å². The fourth-order valence-electron chi connectivity index (χ4n) is 2.55. The van der Waals surface area contributed by atoms with Crippen LogP contribution in [-0.2, 0) is 20.1 Å². The van der Waals surface area contributed by atoms with E-state index in [1.807, 2.05) is 54.6 Å². The first-order valence-corrected chi connectivity index (χ1v) is 10.3. The van der Waals surface area contributed by atoms with Crippen molar-refractivity contribution in [2.75, 3.05) is 12.3 Å². The molecule has 0 unspecified atom stereocenters. The lowest BCUT2D eigenvalue weighted by molar-refractivity contribution is 0.719. The van der Waals surface area contributed by atoms with E-state index >= 15 is 0 Å². The highest BCUT2D eigenvalue weighted by atomic mass is 32.2. The maximum Gasteiger partial charge on any atom is 0.192 e. The minimum Gasteiger partial charge on any atom is -0.356 e. The second-order valence-electron chi connectivity index (χ2n) is 6.31. The van der Waals surface area contributed by atoms with Gasteiger partial charge >= 0.3 is 0 Å². The summed E-state index contributed by atoms with van der Waals surface area (Å²) in [5, 5.41) is 15.1. The molecule has 146 valence electrons. The summed E-state index contributed by atoms with van der Waals surface area (Å²) in [6, 6.07) is 20.7. The molecule has 1 heterocycles. The van der Waals surface area contributed by atoms with Crippen molar-refractivity contribution >= 4 is 17.7 Å². The van der Waals surface area contributed by atoms with Gasteiger partial charge in [-0.1, -0.05) is 48.5 Å². The lowest BCUT2D eigenvalue weighted by atomic mass is 10.2.